The summed E-state index contributed by atoms with van der Waals surface area (Å²) in [6, 6.07) is 22.5. The molecule has 148 valence electrons. The Labute approximate surface area is 183 Å². The maximum Gasteiger partial charge on any atom is 0.238 e. The van der Waals surface area contributed by atoms with E-state index in [1.165, 1.54) is 27.2 Å². The van der Waals surface area contributed by atoms with Crippen molar-refractivity contribution in [3.8, 4) is 0 Å². The molecule has 0 aromatic heterocycles. The number of rotatable bonds is 1. The van der Waals surface area contributed by atoms with E-state index in [1.807, 2.05) is 49.4 Å². The molecule has 3 aromatic carbocycles. The zero-order valence-electron chi connectivity index (χ0n) is 16.7. The van der Waals surface area contributed by atoms with Crippen molar-refractivity contribution in [2.45, 2.75) is 25.2 Å². The predicted molar refractivity (Wildman–Crippen MR) is 120 cm³/mol. The lowest BCUT2D eigenvalue weighted by Gasteiger charge is -2.52. The van der Waals surface area contributed by atoms with Gasteiger partial charge in [-0.2, -0.15) is 0 Å². The van der Waals surface area contributed by atoms with E-state index in [-0.39, 0.29) is 23.7 Å². The highest BCUT2D eigenvalue weighted by atomic mass is 79.9. The van der Waals surface area contributed by atoms with Crippen LogP contribution < -0.4 is 4.90 Å². The summed E-state index contributed by atoms with van der Waals surface area (Å²) >= 11 is 3.58. The number of amides is 2. The zero-order chi connectivity index (χ0) is 20.8. The molecule has 0 N–H and O–H groups in total. The highest BCUT2D eigenvalue weighted by molar-refractivity contribution is 9.10. The third kappa shape index (κ3) is 2.00. The molecular weight excluding hydrogens is 438 g/mol. The Hall–Kier alpha value is -2.72. The smallest absolute Gasteiger partial charge is 0.238 e. The molecule has 0 saturated carbocycles. The average molecular weight is 458 g/mol. The predicted octanol–water partition coefficient (Wildman–Crippen LogP) is 5.33. The number of benzene rings is 3. The first kappa shape index (κ1) is 18.1. The van der Waals surface area contributed by atoms with Crippen LogP contribution in [0.15, 0.2) is 71.2 Å². The number of halogens is 1. The normalized spacial score (nSPS) is 28.4. The standard InChI is InChI=1S/C26H20BrNO2/c1-14-11-12-20(19(27)13-14)28-24(29)22-21-15-7-3-5-9-17(15)26(2,23(22)25(28)30)18-10-6-4-8-16(18)21/h3-13,21-23H,1-2H3/t21?,22-,23-,26?/m1/s1. The molecule has 0 spiro atoms. The van der Waals surface area contributed by atoms with Crippen LogP contribution in [0.3, 0.4) is 0 Å². The fourth-order valence-electron chi connectivity index (χ4n) is 6.18. The van der Waals surface area contributed by atoms with Gasteiger partial charge in [-0.15, -0.1) is 0 Å². The molecule has 3 aromatic rings. The maximum absolute atomic E-state index is 13.9. The van der Waals surface area contributed by atoms with Crippen molar-refractivity contribution in [1.82, 2.24) is 0 Å². The quantitative estimate of drug-likeness (QED) is 0.463. The molecule has 0 unspecified atom stereocenters. The lowest BCUT2D eigenvalue weighted by atomic mass is 9.48. The molecule has 4 heteroatoms. The molecule has 1 aliphatic heterocycles. The van der Waals surface area contributed by atoms with Crippen molar-refractivity contribution >= 4 is 33.4 Å². The largest absolute Gasteiger partial charge is 0.274 e. The average Bonchev–Trinajstić information content (AvgIpc) is 3.01. The first-order valence-corrected chi connectivity index (χ1v) is 11.1. The van der Waals surface area contributed by atoms with Gasteiger partial charge in [0.1, 0.15) is 0 Å². The number of aryl methyl sites for hydroxylation is 1. The van der Waals surface area contributed by atoms with Crippen LogP contribution in [-0.2, 0) is 15.0 Å². The Morgan fingerprint density at radius 1 is 0.867 bits per heavy atom. The van der Waals surface area contributed by atoms with Crippen molar-refractivity contribution in [3.05, 3.63) is 99.0 Å². The Balaban J connectivity index is 1.62. The van der Waals surface area contributed by atoms with Crippen LogP contribution in [0.25, 0.3) is 0 Å². The van der Waals surface area contributed by atoms with Gasteiger partial charge in [-0.3, -0.25) is 9.59 Å². The van der Waals surface area contributed by atoms with E-state index in [0.29, 0.717) is 5.69 Å². The van der Waals surface area contributed by atoms with Crippen molar-refractivity contribution in [1.29, 1.82) is 0 Å². The van der Waals surface area contributed by atoms with E-state index < -0.39 is 11.3 Å². The van der Waals surface area contributed by atoms with E-state index >= 15 is 0 Å². The summed E-state index contributed by atoms with van der Waals surface area (Å²) in [6.07, 6.45) is 0. The summed E-state index contributed by atoms with van der Waals surface area (Å²) in [5, 5.41) is 0. The lowest BCUT2D eigenvalue weighted by Crippen LogP contribution is -2.51. The fraction of sp³-hybridized carbons (Fsp3) is 0.231. The van der Waals surface area contributed by atoms with E-state index in [9.17, 15) is 9.59 Å². The van der Waals surface area contributed by atoms with Crippen LogP contribution in [-0.4, -0.2) is 11.8 Å². The van der Waals surface area contributed by atoms with Crippen molar-refractivity contribution < 1.29 is 9.59 Å². The van der Waals surface area contributed by atoms with Gasteiger partial charge in [0.05, 0.1) is 17.5 Å². The number of hydrogen-bond donors (Lipinski definition) is 0. The third-order valence-electron chi connectivity index (χ3n) is 7.39. The van der Waals surface area contributed by atoms with Gasteiger partial charge in [-0.25, -0.2) is 4.90 Å². The van der Waals surface area contributed by atoms with E-state index in [4.69, 9.17) is 0 Å². The van der Waals surface area contributed by atoms with Gasteiger partial charge >= 0.3 is 0 Å². The van der Waals surface area contributed by atoms with E-state index in [1.54, 1.807) is 0 Å². The fourth-order valence-corrected chi connectivity index (χ4v) is 6.85. The molecule has 0 radical (unpaired) electrons. The van der Waals surface area contributed by atoms with Gasteiger partial charge in [0, 0.05) is 15.8 Å². The van der Waals surface area contributed by atoms with Crippen LogP contribution in [0.1, 0.15) is 40.7 Å². The lowest BCUT2D eigenvalue weighted by molar-refractivity contribution is -0.123. The molecule has 3 aliphatic carbocycles. The molecule has 4 aliphatic rings. The second-order valence-electron chi connectivity index (χ2n) is 8.82. The minimum atomic E-state index is -0.523. The SMILES string of the molecule is Cc1ccc(N2C(=O)[C@@H]3C4c5ccccc5C(C)(c5ccccc54)[C@H]3C2=O)c(Br)c1. The van der Waals surface area contributed by atoms with Gasteiger partial charge < -0.3 is 0 Å². The van der Waals surface area contributed by atoms with E-state index in [0.717, 1.165) is 10.0 Å². The zero-order valence-corrected chi connectivity index (χ0v) is 18.3. The van der Waals surface area contributed by atoms with Gasteiger partial charge in [-0.05, 0) is 62.8 Å². The molecule has 1 saturated heterocycles. The molecular formula is C26H20BrNO2. The number of carbonyl (C=O) groups is 2. The molecule has 2 atom stereocenters. The summed E-state index contributed by atoms with van der Waals surface area (Å²) in [4.78, 5) is 29.1. The summed E-state index contributed by atoms with van der Waals surface area (Å²) in [5.74, 6) is -1.04. The summed E-state index contributed by atoms with van der Waals surface area (Å²) < 4.78 is 0.773. The van der Waals surface area contributed by atoms with Crippen molar-refractivity contribution in [2.24, 2.45) is 11.8 Å². The summed E-state index contributed by atoms with van der Waals surface area (Å²) in [7, 11) is 0. The monoisotopic (exact) mass is 457 g/mol. The van der Waals surface area contributed by atoms with Crippen LogP contribution >= 0.6 is 15.9 Å². The molecule has 3 nitrogen and oxygen atoms in total. The number of hydrogen-bond acceptors (Lipinski definition) is 2. The molecule has 2 bridgehead atoms. The van der Waals surface area contributed by atoms with Crippen LogP contribution in [0.5, 0.6) is 0 Å². The third-order valence-corrected chi connectivity index (χ3v) is 8.02. The van der Waals surface area contributed by atoms with Crippen LogP contribution in [0.4, 0.5) is 5.69 Å². The first-order valence-electron chi connectivity index (χ1n) is 10.3. The van der Waals surface area contributed by atoms with Crippen molar-refractivity contribution in [3.63, 3.8) is 0 Å². The Bertz CT molecular complexity index is 1220. The highest BCUT2D eigenvalue weighted by Crippen LogP contribution is 2.64. The summed E-state index contributed by atoms with van der Waals surface area (Å²) in [5.41, 5.74) is 5.93. The van der Waals surface area contributed by atoms with Crippen LogP contribution in [0, 0.1) is 18.8 Å². The topological polar surface area (TPSA) is 37.4 Å². The Kier molecular flexibility index (Phi) is 3.57. The molecule has 1 heterocycles. The van der Waals surface area contributed by atoms with Gasteiger partial charge in [0.2, 0.25) is 11.8 Å². The second kappa shape index (κ2) is 5.92. The minimum Gasteiger partial charge on any atom is -0.274 e. The summed E-state index contributed by atoms with van der Waals surface area (Å²) in [6.45, 7) is 4.15. The molecule has 2 amide bonds. The van der Waals surface area contributed by atoms with Gasteiger partial charge in [0.15, 0.2) is 0 Å². The molecule has 1 fully saturated rings. The van der Waals surface area contributed by atoms with Crippen molar-refractivity contribution in [2.75, 3.05) is 4.90 Å². The number of carbonyl (C=O) groups excluding carboxylic acids is 2. The Morgan fingerprint density at radius 3 is 2.07 bits per heavy atom. The number of anilines is 1. The highest BCUT2D eigenvalue weighted by Gasteiger charge is 2.66. The van der Waals surface area contributed by atoms with E-state index in [2.05, 4.69) is 47.1 Å². The van der Waals surface area contributed by atoms with Gasteiger partial charge in [0.25, 0.3) is 0 Å². The molecule has 7 rings (SSSR count). The first-order chi connectivity index (χ1) is 14.4. The number of imide groups is 1. The molecule has 30 heavy (non-hydrogen) atoms. The second-order valence-corrected chi connectivity index (χ2v) is 9.68. The minimum absolute atomic E-state index is 0.0881. The van der Waals surface area contributed by atoms with Gasteiger partial charge in [-0.1, -0.05) is 61.5 Å². The maximum atomic E-state index is 13.9. The Morgan fingerprint density at radius 2 is 1.47 bits per heavy atom. The van der Waals surface area contributed by atoms with Crippen LogP contribution in [0.2, 0.25) is 0 Å². The number of nitrogens with zero attached hydrogens (tertiary/aromatic N) is 1.